The Bertz CT molecular complexity index is 6120. The topological polar surface area (TPSA) is 414 Å². The number of piperidine rings is 4. The quantitative estimate of drug-likeness (QED) is 0.0419. The maximum absolute atomic E-state index is 13.1. The first-order valence-corrected chi connectivity index (χ1v) is 48.5. The molecule has 6 bridgehead atoms. The van der Waals surface area contributed by atoms with Gasteiger partial charge in [0, 0.05) is 184 Å². The number of anilines is 6. The summed E-state index contributed by atoms with van der Waals surface area (Å²) in [7, 11) is 0. The number of carbonyl (C=O) groups is 4. The number of hydrogen-bond acceptors (Lipinski definition) is 29. The van der Waals surface area contributed by atoms with Gasteiger partial charge < -0.3 is 71.5 Å². The van der Waals surface area contributed by atoms with Crippen molar-refractivity contribution in [1.29, 1.82) is 15.8 Å². The predicted molar refractivity (Wildman–Crippen MR) is 523 cm³/mol. The molecule has 9 atom stereocenters. The van der Waals surface area contributed by atoms with Crippen LogP contribution in [0.4, 0.5) is 46.8 Å². The lowest BCUT2D eigenvalue weighted by atomic mass is 9.92. The van der Waals surface area contributed by atoms with Crippen molar-refractivity contribution in [2.45, 2.75) is 143 Å². The minimum Gasteiger partial charge on any atom is -0.382 e. The van der Waals surface area contributed by atoms with E-state index >= 15 is 0 Å². The van der Waals surface area contributed by atoms with E-state index in [1.54, 1.807) is 78.0 Å². The molecule has 3 unspecified atom stereocenters. The van der Waals surface area contributed by atoms with E-state index in [9.17, 15) is 35.0 Å². The molecule has 36 nitrogen and oxygen atoms in total. The fraction of sp³-hybridized carbons (Fsp3) is 0.473. The van der Waals surface area contributed by atoms with Crippen molar-refractivity contribution in [2.75, 3.05) is 135 Å². The molecule has 6 aliphatic heterocycles. The lowest BCUT2D eigenvalue weighted by molar-refractivity contribution is -0.130. The standard InChI is InChI=1S/C32H37N11O2S.C31H36N10OS.C30H35N11OS.2ClH/c1-19(2)36-26-13-27(28-7-6-24-12-21(14-33)15-35-43(24)28)34-16-25(26)30-38-39-32(46-30)42-17-22-4-5-23(18-42)29(22)37-31(45)41-10-8-40(9-11-41)20(3)44;1-19(2)35-25-13-26(27-9-8-23-12-20(14-32)15-34-41(23)27)33-16-24(25)29-37-38-31(43-29)40-17-21-6-7-22(18-40)28(21)36-30(42)39-10-4-3-5-11-39;1-18(2)35-24-12-25(26-6-5-22-11-19(13-31)14-34-41(22)26)33-15-23(24)28-37-38-30(43-28)40-16-20-3-4-21(17-40)27(20)36-29(42)39-9-7-32-8-10-39;;/h6-7,12-13,15-16,19,22-23,29H,4-5,8-11,17-18H2,1-3H3,(H,34,36)(H,37,45);8-9,12-13,15-16,19,21-22,28H,3-7,10-11,17-18H2,1-2H3,(H,33,35)(H,36,42);5-6,11-12,14-15,18,20-21,27,32H,3-4,7-10,16-17H2,1-2H3,(H,33,35)(H,36,42);2*1H/t22-,23+,29?;21-,22+,28?;20-,21+,27?;;. The fourth-order valence-corrected chi connectivity index (χ4v) is 23.1. The van der Waals surface area contributed by atoms with Crippen LogP contribution in [0.3, 0.4) is 0 Å². The van der Waals surface area contributed by atoms with Gasteiger partial charge in [-0.1, -0.05) is 34.0 Å². The van der Waals surface area contributed by atoms with Crippen LogP contribution in [-0.2, 0) is 4.79 Å². The number of carbonyl (C=O) groups excluding carboxylic acids is 4. The van der Waals surface area contributed by atoms with Crippen molar-refractivity contribution >= 4 is 132 Å². The van der Waals surface area contributed by atoms with Crippen LogP contribution >= 0.6 is 58.8 Å². The summed E-state index contributed by atoms with van der Waals surface area (Å²) in [6.45, 7) is 26.6. The Hall–Kier alpha value is -12.7. The molecule has 0 radical (unpaired) electrons. The van der Waals surface area contributed by atoms with E-state index in [4.69, 9.17) is 15.0 Å². The van der Waals surface area contributed by atoms with Crippen LogP contribution in [0.2, 0.25) is 0 Å². The zero-order chi connectivity index (χ0) is 91.0. The van der Waals surface area contributed by atoms with Crippen LogP contribution in [0, 0.1) is 69.5 Å². The normalized spacial score (nSPS) is 21.2. The number of hydrogen-bond donors (Lipinski definition) is 7. The first-order chi connectivity index (χ1) is 64.2. The highest BCUT2D eigenvalue weighted by Gasteiger charge is 2.48. The number of halogens is 2. The Kier molecular flexibility index (Phi) is 28.2. The molecule has 0 aromatic carbocycles. The maximum atomic E-state index is 13.1. The SMILES string of the molecule is CC(=O)N1CCN(C(=O)NC2[C@@H]3CC[C@H]2CN(c2nnc(-c4cnc(-c5ccc6cc(C#N)cnn56)cc4NC(C)C)s2)C3)CC1.CC(C)Nc1cc(-c2ccc3cc(C#N)cnn23)ncc1-c1nnc(N2C[C@H]3CC[C@@H](C2)C3NC(=O)N2CCCCC2)s1.CC(C)Nc1cc(-c2ccc3cc(C#N)cnn23)ncc1-c1nnc(N2C[C@H]3CC[C@@H](C2)C3NC(=O)N2CCNCC2)s1.Cl.Cl. The van der Waals surface area contributed by atoms with Crippen molar-refractivity contribution < 1.29 is 19.2 Å². The lowest BCUT2D eigenvalue weighted by Gasteiger charge is -2.40. The van der Waals surface area contributed by atoms with E-state index < -0.39 is 0 Å². The van der Waals surface area contributed by atoms with Gasteiger partial charge in [-0.05, 0) is 208 Å². The Labute approximate surface area is 800 Å². The third-order valence-corrected chi connectivity index (χ3v) is 29.9. The van der Waals surface area contributed by atoms with Crippen LogP contribution in [0.15, 0.2) is 110 Å². The molecular formula is C93H110Cl2N32O4S3. The Morgan fingerprint density at radius 2 is 0.687 bits per heavy atom. The summed E-state index contributed by atoms with van der Waals surface area (Å²) in [5.41, 5.74) is 14.4. The number of nitrogens with one attached hydrogen (secondary N) is 7. The lowest BCUT2D eigenvalue weighted by Crippen LogP contribution is -2.58. The molecule has 0 spiro atoms. The average Bonchev–Trinajstić information content (AvgIpc) is 1.62. The molecule has 3 saturated carbocycles. The Balaban J connectivity index is 0.000000139. The Morgan fingerprint density at radius 1 is 0.388 bits per heavy atom. The van der Waals surface area contributed by atoms with Crippen molar-refractivity contribution in [2.24, 2.45) is 35.5 Å². The summed E-state index contributed by atoms with van der Waals surface area (Å²) < 4.78 is 5.40. The van der Waals surface area contributed by atoms with Crippen molar-refractivity contribution in [3.05, 3.63) is 127 Å². The second-order valence-electron chi connectivity index (χ2n) is 36.9. The van der Waals surface area contributed by atoms with E-state index in [1.807, 2.05) is 106 Å². The minimum atomic E-state index is -0.0197. The average molecular weight is 1910 g/mol. The molecule has 134 heavy (non-hydrogen) atoms. The van der Waals surface area contributed by atoms with Crippen LogP contribution in [0.1, 0.15) is 123 Å². The third kappa shape index (κ3) is 19.8. The number of piperazine rings is 2. The summed E-state index contributed by atoms with van der Waals surface area (Å²) in [6, 6.07) is 31.1. The highest BCUT2D eigenvalue weighted by molar-refractivity contribution is 7.19. The number of aromatic nitrogens is 15. The van der Waals surface area contributed by atoms with Crippen molar-refractivity contribution in [3.63, 3.8) is 0 Å². The molecule has 7 amide bonds. The number of nitriles is 3. The number of rotatable bonds is 18. The van der Waals surface area contributed by atoms with E-state index in [-0.39, 0.29) is 85.1 Å². The van der Waals surface area contributed by atoms with Gasteiger partial charge in [0.25, 0.3) is 0 Å². The molecular weight excluding hydrogens is 1800 g/mol. The fourth-order valence-electron chi connectivity index (χ4n) is 20.4. The van der Waals surface area contributed by atoms with Gasteiger partial charge in [-0.15, -0.1) is 55.4 Å². The third-order valence-electron chi connectivity index (χ3n) is 26.9. The van der Waals surface area contributed by atoms with Crippen LogP contribution in [0.25, 0.3) is 82.4 Å². The summed E-state index contributed by atoms with van der Waals surface area (Å²) in [5, 5.41) is 98.0. The first-order valence-electron chi connectivity index (χ1n) is 46.0. The van der Waals surface area contributed by atoms with Gasteiger partial charge in [0.05, 0.1) is 103 Å². The molecule has 41 heteroatoms. The van der Waals surface area contributed by atoms with E-state index in [1.165, 1.54) is 6.42 Å². The largest absolute Gasteiger partial charge is 0.382 e. The molecule has 9 fully saturated rings. The summed E-state index contributed by atoms with van der Waals surface area (Å²) in [6.07, 6.45) is 20.3. The van der Waals surface area contributed by atoms with Crippen molar-refractivity contribution in [1.82, 2.24) is 115 Å². The predicted octanol–water partition coefficient (Wildman–Crippen LogP) is 13.0. The molecule has 18 heterocycles. The van der Waals surface area contributed by atoms with Gasteiger partial charge >= 0.3 is 18.1 Å². The first kappa shape index (κ1) is 93.1. The monoisotopic (exact) mass is 1900 g/mol. The molecule has 9 aliphatic rings. The number of likely N-dealkylation sites (tertiary alicyclic amines) is 1. The van der Waals surface area contributed by atoms with Gasteiger partial charge in [0.1, 0.15) is 18.2 Å². The number of fused-ring (bicyclic) bond motifs is 9. The molecule has 21 rings (SSSR count). The molecule has 12 aromatic rings. The number of pyridine rings is 3. The summed E-state index contributed by atoms with van der Waals surface area (Å²) in [5.74, 6) is 2.43. The van der Waals surface area contributed by atoms with Gasteiger partial charge in [-0.2, -0.15) is 31.1 Å². The van der Waals surface area contributed by atoms with Crippen LogP contribution in [-0.4, -0.2) is 259 Å². The zero-order valence-electron chi connectivity index (χ0n) is 75.9. The van der Waals surface area contributed by atoms with E-state index in [0.717, 1.165) is 245 Å². The summed E-state index contributed by atoms with van der Waals surface area (Å²) >= 11 is 4.74. The second-order valence-corrected chi connectivity index (χ2v) is 39.7. The smallest absolute Gasteiger partial charge is 0.317 e. The highest BCUT2D eigenvalue weighted by Crippen LogP contribution is 2.47. The van der Waals surface area contributed by atoms with Gasteiger partial charge in [0.2, 0.25) is 21.3 Å². The van der Waals surface area contributed by atoms with Crippen LogP contribution in [0.5, 0.6) is 0 Å². The Morgan fingerprint density at radius 3 is 0.985 bits per heavy atom. The second kappa shape index (κ2) is 40.6. The van der Waals surface area contributed by atoms with Gasteiger partial charge in [0.15, 0.2) is 15.0 Å². The van der Waals surface area contributed by atoms with Gasteiger partial charge in [-0.3, -0.25) is 19.7 Å². The van der Waals surface area contributed by atoms with Crippen LogP contribution < -0.4 is 51.9 Å². The zero-order valence-corrected chi connectivity index (χ0v) is 79.9. The molecule has 12 aromatic heterocycles. The van der Waals surface area contributed by atoms with E-state index in [2.05, 4.69) is 158 Å². The minimum absolute atomic E-state index is 0. The maximum Gasteiger partial charge on any atom is 0.317 e. The number of amides is 7. The molecule has 3 aliphatic carbocycles. The molecule has 6 saturated heterocycles. The highest BCUT2D eigenvalue weighted by atomic mass is 35.5. The van der Waals surface area contributed by atoms with Gasteiger partial charge in [-0.25, -0.2) is 27.9 Å². The van der Waals surface area contributed by atoms with E-state index in [0.29, 0.717) is 78.4 Å². The molecule has 698 valence electrons. The van der Waals surface area contributed by atoms with Crippen molar-refractivity contribution in [3.8, 4) is 84.1 Å². The number of urea groups is 3. The molecule has 7 N–H and O–H groups in total. The number of nitrogens with zero attached hydrogens (tertiary/aromatic N) is 25. The summed E-state index contributed by atoms with van der Waals surface area (Å²) in [4.78, 5) is 79.6.